The van der Waals surface area contributed by atoms with Crippen molar-refractivity contribution < 1.29 is 23.9 Å². The number of carbonyl (C=O) groups is 3. The molecule has 0 radical (unpaired) electrons. The van der Waals surface area contributed by atoms with Crippen LogP contribution in [0.2, 0.25) is 0 Å². The number of anilines is 1. The number of benzene rings is 2. The quantitative estimate of drug-likeness (QED) is 0.817. The van der Waals surface area contributed by atoms with Crippen LogP contribution in [0.5, 0.6) is 11.5 Å². The average molecular weight is 381 g/mol. The molecular weight excluding hydrogens is 362 g/mol. The summed E-state index contributed by atoms with van der Waals surface area (Å²) >= 11 is 0. The van der Waals surface area contributed by atoms with Gasteiger partial charge >= 0.3 is 6.03 Å². The molecule has 1 saturated heterocycles. The maximum absolute atomic E-state index is 13.0. The Balaban J connectivity index is 1.54. The maximum Gasteiger partial charge on any atom is 0.325 e. The minimum Gasteiger partial charge on any atom is -0.454 e. The van der Waals surface area contributed by atoms with Gasteiger partial charge in [0.15, 0.2) is 11.5 Å². The fourth-order valence-corrected chi connectivity index (χ4v) is 3.28. The van der Waals surface area contributed by atoms with Gasteiger partial charge in [-0.15, -0.1) is 0 Å². The van der Waals surface area contributed by atoms with Crippen molar-refractivity contribution >= 4 is 23.5 Å². The highest BCUT2D eigenvalue weighted by Gasteiger charge is 2.50. The fraction of sp³-hybridized carbons (Fsp3) is 0.250. The third-order valence-corrected chi connectivity index (χ3v) is 5.04. The summed E-state index contributed by atoms with van der Waals surface area (Å²) in [4.78, 5) is 40.5. The zero-order valence-corrected chi connectivity index (χ0v) is 15.5. The van der Waals surface area contributed by atoms with Gasteiger partial charge in [-0.1, -0.05) is 24.3 Å². The van der Waals surface area contributed by atoms with E-state index in [0.29, 0.717) is 22.7 Å². The van der Waals surface area contributed by atoms with Crippen LogP contribution in [0.3, 0.4) is 0 Å². The molecule has 0 bridgehead atoms. The van der Waals surface area contributed by atoms with Crippen LogP contribution in [-0.4, -0.2) is 43.1 Å². The van der Waals surface area contributed by atoms with Crippen molar-refractivity contribution in [2.75, 3.05) is 25.3 Å². The molecule has 2 aliphatic rings. The van der Waals surface area contributed by atoms with Crippen molar-refractivity contribution in [2.24, 2.45) is 0 Å². The summed E-state index contributed by atoms with van der Waals surface area (Å²) < 4.78 is 10.6. The largest absolute Gasteiger partial charge is 0.454 e. The molecule has 4 rings (SSSR count). The van der Waals surface area contributed by atoms with Crippen LogP contribution in [0.15, 0.2) is 48.5 Å². The molecule has 2 aliphatic heterocycles. The van der Waals surface area contributed by atoms with Crippen LogP contribution in [0, 0.1) is 0 Å². The molecule has 0 spiro atoms. The van der Waals surface area contributed by atoms with E-state index in [1.54, 1.807) is 44.3 Å². The Hall–Kier alpha value is -3.55. The number of para-hydroxylation sites is 1. The van der Waals surface area contributed by atoms with Gasteiger partial charge in [0, 0.05) is 12.7 Å². The molecule has 2 aromatic rings. The van der Waals surface area contributed by atoms with E-state index in [4.69, 9.17) is 9.47 Å². The predicted molar refractivity (Wildman–Crippen MR) is 100 cm³/mol. The summed E-state index contributed by atoms with van der Waals surface area (Å²) in [7, 11) is 1.60. The normalized spacial score (nSPS) is 20.3. The van der Waals surface area contributed by atoms with Crippen LogP contribution >= 0.6 is 0 Å². The van der Waals surface area contributed by atoms with Gasteiger partial charge in [-0.3, -0.25) is 14.5 Å². The Labute approximate surface area is 161 Å². The van der Waals surface area contributed by atoms with Crippen molar-refractivity contribution in [3.05, 3.63) is 54.1 Å². The average Bonchev–Trinajstić information content (AvgIpc) is 3.26. The Morgan fingerprint density at radius 1 is 1.14 bits per heavy atom. The topological polar surface area (TPSA) is 88.2 Å². The Morgan fingerprint density at radius 2 is 1.86 bits per heavy atom. The van der Waals surface area contributed by atoms with Crippen molar-refractivity contribution in [2.45, 2.75) is 12.5 Å². The first-order valence-corrected chi connectivity index (χ1v) is 8.76. The first kappa shape index (κ1) is 17.8. The van der Waals surface area contributed by atoms with Gasteiger partial charge < -0.3 is 19.7 Å². The lowest BCUT2D eigenvalue weighted by Crippen LogP contribution is -2.43. The lowest BCUT2D eigenvalue weighted by atomic mass is 9.91. The number of hydrogen-bond acceptors (Lipinski definition) is 5. The number of amides is 4. The second kappa shape index (κ2) is 6.56. The lowest BCUT2D eigenvalue weighted by Gasteiger charge is -2.23. The summed E-state index contributed by atoms with van der Waals surface area (Å²) in [6.45, 7) is 1.37. The van der Waals surface area contributed by atoms with Crippen molar-refractivity contribution in [3.8, 4) is 11.5 Å². The van der Waals surface area contributed by atoms with Crippen molar-refractivity contribution in [1.82, 2.24) is 10.2 Å². The molecular formula is C20H19N3O5. The second-order valence-corrected chi connectivity index (χ2v) is 6.80. The van der Waals surface area contributed by atoms with E-state index in [1.807, 2.05) is 18.2 Å². The molecule has 1 N–H and O–H groups in total. The van der Waals surface area contributed by atoms with E-state index >= 15 is 0 Å². The molecule has 2 heterocycles. The molecule has 28 heavy (non-hydrogen) atoms. The van der Waals surface area contributed by atoms with E-state index in [1.165, 1.54) is 4.90 Å². The summed E-state index contributed by atoms with van der Waals surface area (Å²) in [6.07, 6.45) is 0. The van der Waals surface area contributed by atoms with Gasteiger partial charge in [0.25, 0.3) is 5.91 Å². The maximum atomic E-state index is 13.0. The minimum atomic E-state index is -1.29. The zero-order valence-electron chi connectivity index (χ0n) is 15.5. The van der Waals surface area contributed by atoms with Gasteiger partial charge in [0.2, 0.25) is 12.7 Å². The van der Waals surface area contributed by atoms with E-state index in [-0.39, 0.29) is 19.2 Å². The Kier molecular flexibility index (Phi) is 4.18. The minimum absolute atomic E-state index is 0.113. The number of imide groups is 1. The SMILES string of the molecule is CN(C(=O)CN1C(=O)N[C@@](C)(c2ccc3c(c2)OCO3)C1=O)c1ccccc1. The summed E-state index contributed by atoms with van der Waals surface area (Å²) in [5.41, 5.74) is -0.0523. The summed E-state index contributed by atoms with van der Waals surface area (Å²) in [6, 6.07) is 13.5. The third-order valence-electron chi connectivity index (χ3n) is 5.04. The number of nitrogens with zero attached hydrogens (tertiary/aromatic N) is 2. The van der Waals surface area contributed by atoms with Gasteiger partial charge in [0.1, 0.15) is 12.1 Å². The highest BCUT2D eigenvalue weighted by atomic mass is 16.7. The molecule has 8 nitrogen and oxygen atoms in total. The zero-order chi connectivity index (χ0) is 19.9. The highest BCUT2D eigenvalue weighted by Crippen LogP contribution is 2.37. The van der Waals surface area contributed by atoms with Gasteiger partial charge in [-0.2, -0.15) is 0 Å². The number of rotatable bonds is 4. The second-order valence-electron chi connectivity index (χ2n) is 6.80. The Morgan fingerprint density at radius 3 is 2.61 bits per heavy atom. The van der Waals surface area contributed by atoms with Crippen LogP contribution < -0.4 is 19.7 Å². The smallest absolute Gasteiger partial charge is 0.325 e. The van der Waals surface area contributed by atoms with Crippen LogP contribution in [-0.2, 0) is 15.1 Å². The molecule has 1 fully saturated rings. The molecule has 144 valence electrons. The first-order valence-electron chi connectivity index (χ1n) is 8.76. The highest BCUT2D eigenvalue weighted by molar-refractivity contribution is 6.10. The molecule has 0 aromatic heterocycles. The number of urea groups is 1. The molecule has 2 aromatic carbocycles. The standard InChI is InChI=1S/C20H19N3O5/c1-20(13-8-9-15-16(10-13)28-12-27-15)18(25)23(19(26)21-20)11-17(24)22(2)14-6-4-3-5-7-14/h3-10H,11-12H2,1-2H3,(H,21,26)/t20-/m0/s1. The molecule has 8 heteroatoms. The lowest BCUT2D eigenvalue weighted by molar-refractivity contribution is -0.134. The van der Waals surface area contributed by atoms with Gasteiger partial charge in [0.05, 0.1) is 0 Å². The molecule has 0 aliphatic carbocycles. The van der Waals surface area contributed by atoms with E-state index in [2.05, 4.69) is 5.32 Å². The number of nitrogens with one attached hydrogen (secondary N) is 1. The monoisotopic (exact) mass is 381 g/mol. The van der Waals surface area contributed by atoms with Crippen LogP contribution in [0.25, 0.3) is 0 Å². The third kappa shape index (κ3) is 2.83. The number of carbonyl (C=O) groups excluding carboxylic acids is 3. The molecule has 1 atom stereocenters. The number of likely N-dealkylation sites (N-methyl/N-ethyl adjacent to an activating group) is 1. The van der Waals surface area contributed by atoms with Crippen LogP contribution in [0.4, 0.5) is 10.5 Å². The predicted octanol–water partition coefficient (Wildman–Crippen LogP) is 1.85. The fourth-order valence-electron chi connectivity index (χ4n) is 3.28. The van der Waals surface area contributed by atoms with E-state index in [9.17, 15) is 14.4 Å². The van der Waals surface area contributed by atoms with Gasteiger partial charge in [-0.25, -0.2) is 4.79 Å². The number of fused-ring (bicyclic) bond motifs is 1. The number of hydrogen-bond donors (Lipinski definition) is 1. The van der Waals surface area contributed by atoms with E-state index in [0.717, 1.165) is 4.90 Å². The van der Waals surface area contributed by atoms with Gasteiger partial charge in [-0.05, 0) is 36.8 Å². The summed E-state index contributed by atoms with van der Waals surface area (Å²) in [5.74, 6) is 0.232. The van der Waals surface area contributed by atoms with Crippen molar-refractivity contribution in [1.29, 1.82) is 0 Å². The summed E-state index contributed by atoms with van der Waals surface area (Å²) in [5, 5.41) is 2.69. The number of ether oxygens (including phenoxy) is 2. The van der Waals surface area contributed by atoms with E-state index < -0.39 is 17.5 Å². The van der Waals surface area contributed by atoms with Crippen LogP contribution in [0.1, 0.15) is 12.5 Å². The van der Waals surface area contributed by atoms with Crippen molar-refractivity contribution in [3.63, 3.8) is 0 Å². The first-order chi connectivity index (χ1) is 13.4. The Bertz CT molecular complexity index is 962. The molecule has 0 unspecified atom stereocenters. The molecule has 4 amide bonds. The molecule has 0 saturated carbocycles.